The van der Waals surface area contributed by atoms with Crippen molar-refractivity contribution in [3.63, 3.8) is 0 Å². The number of amides is 1. The zero-order valence-electron chi connectivity index (χ0n) is 13.2. The third-order valence-corrected chi connectivity index (χ3v) is 4.49. The van der Waals surface area contributed by atoms with Crippen LogP contribution < -0.4 is 16.4 Å². The molecule has 0 bridgehead atoms. The number of nitrogen functional groups attached to an aromatic ring is 1. The van der Waals surface area contributed by atoms with Gasteiger partial charge in [0.2, 0.25) is 0 Å². The van der Waals surface area contributed by atoms with E-state index in [4.69, 9.17) is 5.73 Å². The van der Waals surface area contributed by atoms with Gasteiger partial charge >= 0.3 is 0 Å². The molecule has 5 nitrogen and oxygen atoms in total. The Labute approximate surface area is 126 Å². The van der Waals surface area contributed by atoms with Crippen LogP contribution in [0.25, 0.3) is 0 Å². The van der Waals surface area contributed by atoms with Crippen molar-refractivity contribution in [1.82, 2.24) is 10.2 Å². The lowest BCUT2D eigenvalue weighted by Gasteiger charge is -2.47. The molecule has 0 aromatic heterocycles. The Hall–Kier alpha value is -1.75. The van der Waals surface area contributed by atoms with Crippen LogP contribution >= 0.6 is 0 Å². The first-order chi connectivity index (χ1) is 9.98. The lowest BCUT2D eigenvalue weighted by molar-refractivity contribution is 0.0739. The standard InChI is InChI=1S/C16H26N4O/c1-4-18-15(21)12-6-7-13(17)14(10-12)19-11-16(20(2)3)8-5-9-16/h6-7,10,19H,4-5,8-9,11,17H2,1-3H3,(H,18,21). The summed E-state index contributed by atoms with van der Waals surface area (Å²) in [6.07, 6.45) is 3.67. The molecule has 0 atom stereocenters. The van der Waals surface area contributed by atoms with Gasteiger partial charge in [-0.2, -0.15) is 0 Å². The van der Waals surface area contributed by atoms with Crippen molar-refractivity contribution in [1.29, 1.82) is 0 Å². The zero-order chi connectivity index (χ0) is 15.5. The van der Waals surface area contributed by atoms with Crippen molar-refractivity contribution in [2.24, 2.45) is 0 Å². The maximum atomic E-state index is 11.9. The fraction of sp³-hybridized carbons (Fsp3) is 0.562. The van der Waals surface area contributed by atoms with E-state index in [9.17, 15) is 4.79 Å². The quantitative estimate of drug-likeness (QED) is 0.700. The smallest absolute Gasteiger partial charge is 0.251 e. The molecule has 1 aromatic rings. The number of hydrogen-bond acceptors (Lipinski definition) is 4. The third kappa shape index (κ3) is 3.29. The molecular weight excluding hydrogens is 264 g/mol. The topological polar surface area (TPSA) is 70.4 Å². The number of anilines is 2. The first kappa shape index (κ1) is 15.6. The highest BCUT2D eigenvalue weighted by Crippen LogP contribution is 2.36. The average Bonchev–Trinajstić information content (AvgIpc) is 2.39. The summed E-state index contributed by atoms with van der Waals surface area (Å²) in [5, 5.41) is 6.23. The molecule has 0 spiro atoms. The number of hydrogen-bond donors (Lipinski definition) is 3. The Bertz CT molecular complexity index is 509. The van der Waals surface area contributed by atoms with E-state index in [1.807, 2.05) is 13.0 Å². The second-order valence-electron chi connectivity index (χ2n) is 5.99. The molecule has 1 fully saturated rings. The van der Waals surface area contributed by atoms with Crippen LogP contribution in [0.15, 0.2) is 18.2 Å². The van der Waals surface area contributed by atoms with Gasteiger partial charge in [-0.15, -0.1) is 0 Å². The van der Waals surface area contributed by atoms with Crippen LogP contribution in [-0.4, -0.2) is 43.5 Å². The number of carbonyl (C=O) groups is 1. The van der Waals surface area contributed by atoms with Crippen molar-refractivity contribution >= 4 is 17.3 Å². The Balaban J connectivity index is 2.09. The van der Waals surface area contributed by atoms with E-state index in [0.717, 1.165) is 12.2 Å². The zero-order valence-corrected chi connectivity index (χ0v) is 13.2. The van der Waals surface area contributed by atoms with Gasteiger partial charge in [0, 0.05) is 24.2 Å². The van der Waals surface area contributed by atoms with Crippen LogP contribution in [0.5, 0.6) is 0 Å². The highest BCUT2D eigenvalue weighted by molar-refractivity contribution is 5.96. The molecule has 1 saturated carbocycles. The Morgan fingerprint density at radius 3 is 2.62 bits per heavy atom. The molecular formula is C16H26N4O. The predicted octanol–water partition coefficient (Wildman–Crippen LogP) is 1.91. The van der Waals surface area contributed by atoms with Gasteiger partial charge in [-0.05, 0) is 58.5 Å². The molecule has 1 aliphatic carbocycles. The molecule has 2 rings (SSSR count). The summed E-state index contributed by atoms with van der Waals surface area (Å²) in [5.74, 6) is -0.0634. The molecule has 0 unspecified atom stereocenters. The number of nitrogens with zero attached hydrogens (tertiary/aromatic N) is 1. The summed E-state index contributed by atoms with van der Waals surface area (Å²) in [7, 11) is 4.24. The van der Waals surface area contributed by atoms with Crippen LogP contribution in [0.1, 0.15) is 36.5 Å². The summed E-state index contributed by atoms with van der Waals surface area (Å²) in [6, 6.07) is 5.38. The predicted molar refractivity (Wildman–Crippen MR) is 87.6 cm³/mol. The van der Waals surface area contributed by atoms with E-state index in [1.165, 1.54) is 19.3 Å². The van der Waals surface area contributed by atoms with E-state index >= 15 is 0 Å². The summed E-state index contributed by atoms with van der Waals surface area (Å²) in [6.45, 7) is 3.38. The maximum Gasteiger partial charge on any atom is 0.251 e. The van der Waals surface area contributed by atoms with Gasteiger partial charge in [0.1, 0.15) is 0 Å². The van der Waals surface area contributed by atoms with E-state index in [-0.39, 0.29) is 11.4 Å². The van der Waals surface area contributed by atoms with E-state index in [0.29, 0.717) is 17.8 Å². The minimum atomic E-state index is -0.0634. The number of nitrogens with two attached hydrogens (primary N) is 1. The molecule has 1 amide bonds. The Morgan fingerprint density at radius 2 is 2.10 bits per heavy atom. The van der Waals surface area contributed by atoms with Crippen molar-refractivity contribution in [2.75, 3.05) is 38.2 Å². The number of likely N-dealkylation sites (N-methyl/N-ethyl adjacent to an activating group) is 1. The fourth-order valence-corrected chi connectivity index (χ4v) is 2.74. The van der Waals surface area contributed by atoms with Gasteiger partial charge in [-0.25, -0.2) is 0 Å². The first-order valence-corrected chi connectivity index (χ1v) is 7.57. The van der Waals surface area contributed by atoms with Gasteiger partial charge in [0.05, 0.1) is 11.4 Å². The Kier molecular flexibility index (Phi) is 4.73. The normalized spacial score (nSPS) is 16.4. The van der Waals surface area contributed by atoms with E-state index < -0.39 is 0 Å². The summed E-state index contributed by atoms with van der Waals surface area (Å²) >= 11 is 0. The van der Waals surface area contributed by atoms with Crippen LogP contribution in [0, 0.1) is 0 Å². The van der Waals surface area contributed by atoms with Crippen LogP contribution in [0.3, 0.4) is 0 Å². The van der Waals surface area contributed by atoms with Gasteiger partial charge in [0.15, 0.2) is 0 Å². The number of carbonyl (C=O) groups excluding carboxylic acids is 1. The van der Waals surface area contributed by atoms with Gasteiger partial charge < -0.3 is 21.3 Å². The largest absolute Gasteiger partial charge is 0.397 e. The van der Waals surface area contributed by atoms with Gasteiger partial charge in [0.25, 0.3) is 5.91 Å². The minimum Gasteiger partial charge on any atom is -0.397 e. The molecule has 0 radical (unpaired) electrons. The molecule has 0 saturated heterocycles. The summed E-state index contributed by atoms with van der Waals surface area (Å²) in [5.41, 5.74) is 8.39. The number of rotatable bonds is 6. The van der Waals surface area contributed by atoms with Crippen molar-refractivity contribution in [3.8, 4) is 0 Å². The second kappa shape index (κ2) is 6.35. The van der Waals surface area contributed by atoms with Crippen LogP contribution in [-0.2, 0) is 0 Å². The summed E-state index contributed by atoms with van der Waals surface area (Å²) < 4.78 is 0. The molecule has 1 aromatic carbocycles. The molecule has 0 aliphatic heterocycles. The summed E-state index contributed by atoms with van der Waals surface area (Å²) in [4.78, 5) is 14.2. The lowest BCUT2D eigenvalue weighted by Crippen LogP contribution is -2.54. The molecule has 5 heteroatoms. The lowest BCUT2D eigenvalue weighted by atomic mass is 9.75. The van der Waals surface area contributed by atoms with Gasteiger partial charge in [-0.1, -0.05) is 0 Å². The molecule has 21 heavy (non-hydrogen) atoms. The highest BCUT2D eigenvalue weighted by Gasteiger charge is 2.38. The molecule has 116 valence electrons. The SMILES string of the molecule is CCNC(=O)c1ccc(N)c(NCC2(N(C)C)CCC2)c1. The van der Waals surface area contributed by atoms with E-state index in [2.05, 4.69) is 29.6 Å². The number of benzene rings is 1. The fourth-order valence-electron chi connectivity index (χ4n) is 2.74. The van der Waals surface area contributed by atoms with Crippen molar-refractivity contribution in [2.45, 2.75) is 31.7 Å². The monoisotopic (exact) mass is 290 g/mol. The second-order valence-corrected chi connectivity index (χ2v) is 5.99. The van der Waals surface area contributed by atoms with Crippen LogP contribution in [0.4, 0.5) is 11.4 Å². The highest BCUT2D eigenvalue weighted by atomic mass is 16.1. The van der Waals surface area contributed by atoms with E-state index in [1.54, 1.807) is 12.1 Å². The van der Waals surface area contributed by atoms with Crippen molar-refractivity contribution in [3.05, 3.63) is 23.8 Å². The van der Waals surface area contributed by atoms with Crippen LogP contribution in [0.2, 0.25) is 0 Å². The van der Waals surface area contributed by atoms with Crippen molar-refractivity contribution < 1.29 is 4.79 Å². The Morgan fingerprint density at radius 1 is 1.38 bits per heavy atom. The molecule has 1 aliphatic rings. The molecule has 4 N–H and O–H groups in total. The minimum absolute atomic E-state index is 0.0634. The van der Waals surface area contributed by atoms with Gasteiger partial charge in [-0.3, -0.25) is 4.79 Å². The maximum absolute atomic E-state index is 11.9. The molecule has 0 heterocycles. The average molecular weight is 290 g/mol. The first-order valence-electron chi connectivity index (χ1n) is 7.57. The number of nitrogens with one attached hydrogen (secondary N) is 2. The third-order valence-electron chi connectivity index (χ3n) is 4.49.